The highest BCUT2D eigenvalue weighted by Crippen LogP contribution is 2.22. The molecule has 142 valence electrons. The van der Waals surface area contributed by atoms with Crippen LogP contribution in [0, 0.1) is 5.82 Å². The van der Waals surface area contributed by atoms with E-state index in [1.807, 2.05) is 19.1 Å². The molecule has 1 amide bonds. The number of nitrogens with one attached hydrogen (secondary N) is 1. The first kappa shape index (κ1) is 19.1. The molecule has 1 fully saturated rings. The summed E-state index contributed by atoms with van der Waals surface area (Å²) >= 11 is 0. The first-order chi connectivity index (χ1) is 13.0. The number of ether oxygens (including phenoxy) is 1. The van der Waals surface area contributed by atoms with Crippen LogP contribution >= 0.6 is 0 Å². The fourth-order valence-electron chi connectivity index (χ4n) is 3.17. The molecule has 2 atom stereocenters. The van der Waals surface area contributed by atoms with Crippen LogP contribution in [-0.4, -0.2) is 31.7 Å². The molecular formula is C22H25FN2O2. The van der Waals surface area contributed by atoms with Crippen molar-refractivity contribution in [2.45, 2.75) is 26.0 Å². The van der Waals surface area contributed by atoms with Crippen LogP contribution in [-0.2, 0) is 9.53 Å². The van der Waals surface area contributed by atoms with Crippen molar-refractivity contribution in [3.63, 3.8) is 0 Å². The monoisotopic (exact) mass is 368 g/mol. The third-order valence-corrected chi connectivity index (χ3v) is 4.61. The summed E-state index contributed by atoms with van der Waals surface area (Å²) in [5.41, 5.74) is 2.83. The van der Waals surface area contributed by atoms with Crippen molar-refractivity contribution in [2.24, 2.45) is 0 Å². The number of morpholine rings is 1. The van der Waals surface area contributed by atoms with E-state index in [2.05, 4.69) is 29.3 Å². The van der Waals surface area contributed by atoms with Crippen molar-refractivity contribution in [2.75, 3.05) is 24.6 Å². The Morgan fingerprint density at radius 3 is 2.89 bits per heavy atom. The van der Waals surface area contributed by atoms with Gasteiger partial charge in [0.15, 0.2) is 0 Å². The summed E-state index contributed by atoms with van der Waals surface area (Å²) < 4.78 is 18.8. The molecule has 1 heterocycles. The minimum absolute atomic E-state index is 0.131. The maximum absolute atomic E-state index is 13.2. The standard InChI is InChI=1S/C22H25FN2O2/c1-16-15-25(11-12-27-16)21-8-4-6-19(14-21)17(2)24-22(26)10-9-18-5-3-7-20(23)13-18/h3-10,13-14,16-17H,11-12,15H2,1-2H3,(H,24,26)/b10-9+. The summed E-state index contributed by atoms with van der Waals surface area (Å²) in [6, 6.07) is 14.2. The largest absolute Gasteiger partial charge is 0.375 e. The Morgan fingerprint density at radius 2 is 2.11 bits per heavy atom. The lowest BCUT2D eigenvalue weighted by atomic mass is 10.1. The molecule has 0 saturated carbocycles. The molecule has 0 spiro atoms. The Morgan fingerprint density at radius 1 is 1.30 bits per heavy atom. The van der Waals surface area contributed by atoms with Gasteiger partial charge in [-0.3, -0.25) is 4.79 Å². The summed E-state index contributed by atoms with van der Waals surface area (Å²) in [6.45, 7) is 6.48. The highest BCUT2D eigenvalue weighted by atomic mass is 19.1. The number of rotatable bonds is 5. The Labute approximate surface area is 159 Å². The summed E-state index contributed by atoms with van der Waals surface area (Å²) in [7, 11) is 0. The van der Waals surface area contributed by atoms with E-state index in [1.54, 1.807) is 18.2 Å². The van der Waals surface area contributed by atoms with Crippen LogP contribution in [0.15, 0.2) is 54.6 Å². The van der Waals surface area contributed by atoms with Crippen molar-refractivity contribution in [3.05, 3.63) is 71.6 Å². The molecule has 0 bridgehead atoms. The lowest BCUT2D eigenvalue weighted by Gasteiger charge is -2.33. The van der Waals surface area contributed by atoms with Crippen molar-refractivity contribution >= 4 is 17.7 Å². The number of nitrogens with zero attached hydrogens (tertiary/aromatic N) is 1. The first-order valence-electron chi connectivity index (χ1n) is 9.22. The SMILES string of the molecule is CC1CN(c2cccc(C(C)NC(=O)/C=C/c3cccc(F)c3)c2)CCO1. The molecule has 2 aromatic rings. The van der Waals surface area contributed by atoms with Crippen LogP contribution in [0.3, 0.4) is 0 Å². The number of hydrogen-bond acceptors (Lipinski definition) is 3. The summed E-state index contributed by atoms with van der Waals surface area (Å²) in [6.07, 6.45) is 3.25. The zero-order valence-corrected chi connectivity index (χ0v) is 15.7. The first-order valence-corrected chi connectivity index (χ1v) is 9.22. The smallest absolute Gasteiger partial charge is 0.244 e. The van der Waals surface area contributed by atoms with Gasteiger partial charge in [0.25, 0.3) is 0 Å². The van der Waals surface area contributed by atoms with Gasteiger partial charge in [-0.05, 0) is 55.3 Å². The Kier molecular flexibility index (Phi) is 6.24. The molecule has 0 radical (unpaired) electrons. The van der Waals surface area contributed by atoms with Gasteiger partial charge in [-0.25, -0.2) is 4.39 Å². The van der Waals surface area contributed by atoms with E-state index in [0.717, 1.165) is 30.9 Å². The van der Waals surface area contributed by atoms with E-state index in [9.17, 15) is 9.18 Å². The molecule has 2 unspecified atom stereocenters. The number of anilines is 1. The lowest BCUT2D eigenvalue weighted by Crippen LogP contribution is -2.41. The molecule has 3 rings (SSSR count). The average Bonchev–Trinajstić information content (AvgIpc) is 2.66. The molecule has 1 aliphatic heterocycles. The highest BCUT2D eigenvalue weighted by molar-refractivity contribution is 5.92. The van der Waals surface area contributed by atoms with Crippen LogP contribution in [0.1, 0.15) is 31.0 Å². The maximum atomic E-state index is 13.2. The topological polar surface area (TPSA) is 41.6 Å². The summed E-state index contributed by atoms with van der Waals surface area (Å²) in [5, 5.41) is 2.96. The Hall–Kier alpha value is -2.66. The minimum Gasteiger partial charge on any atom is -0.375 e. The van der Waals surface area contributed by atoms with E-state index < -0.39 is 0 Å². The number of amides is 1. The normalized spacial score (nSPS) is 18.5. The molecule has 4 nitrogen and oxygen atoms in total. The van der Waals surface area contributed by atoms with Crippen molar-refractivity contribution < 1.29 is 13.9 Å². The van der Waals surface area contributed by atoms with Crippen LogP contribution in [0.2, 0.25) is 0 Å². The fraction of sp³-hybridized carbons (Fsp3) is 0.318. The van der Waals surface area contributed by atoms with Gasteiger partial charge in [-0.2, -0.15) is 0 Å². The molecule has 5 heteroatoms. The third kappa shape index (κ3) is 5.41. The molecule has 1 saturated heterocycles. The van der Waals surface area contributed by atoms with Gasteiger partial charge in [0.1, 0.15) is 5.82 Å². The highest BCUT2D eigenvalue weighted by Gasteiger charge is 2.18. The maximum Gasteiger partial charge on any atom is 0.244 e. The van der Waals surface area contributed by atoms with Crippen LogP contribution < -0.4 is 10.2 Å². The van der Waals surface area contributed by atoms with Gasteiger partial charge in [0.05, 0.1) is 18.8 Å². The second kappa shape index (κ2) is 8.82. The molecule has 0 aromatic heterocycles. The van der Waals surface area contributed by atoms with Crippen molar-refractivity contribution in [1.82, 2.24) is 5.32 Å². The van der Waals surface area contributed by atoms with Crippen molar-refractivity contribution in [3.8, 4) is 0 Å². The fourth-order valence-corrected chi connectivity index (χ4v) is 3.17. The molecule has 2 aromatic carbocycles. The van der Waals surface area contributed by atoms with Gasteiger partial charge in [0, 0.05) is 24.9 Å². The van der Waals surface area contributed by atoms with Gasteiger partial charge >= 0.3 is 0 Å². The average molecular weight is 368 g/mol. The predicted octanol–water partition coefficient (Wildman–Crippen LogP) is 3.94. The second-order valence-corrected chi connectivity index (χ2v) is 6.84. The number of carbonyl (C=O) groups is 1. The molecule has 1 N–H and O–H groups in total. The second-order valence-electron chi connectivity index (χ2n) is 6.84. The van der Waals surface area contributed by atoms with E-state index >= 15 is 0 Å². The van der Waals surface area contributed by atoms with Crippen LogP contribution in [0.25, 0.3) is 6.08 Å². The zero-order valence-electron chi connectivity index (χ0n) is 15.7. The molecule has 0 aliphatic carbocycles. The summed E-state index contributed by atoms with van der Waals surface area (Å²) in [5.74, 6) is -0.530. The van der Waals surface area contributed by atoms with Gasteiger partial charge < -0.3 is 15.0 Å². The Balaban J connectivity index is 1.62. The molecule has 27 heavy (non-hydrogen) atoms. The molecular weight excluding hydrogens is 343 g/mol. The summed E-state index contributed by atoms with van der Waals surface area (Å²) in [4.78, 5) is 14.5. The number of benzene rings is 2. The number of carbonyl (C=O) groups excluding carboxylic acids is 1. The van der Waals surface area contributed by atoms with Gasteiger partial charge in [0.2, 0.25) is 5.91 Å². The van der Waals surface area contributed by atoms with Crippen molar-refractivity contribution in [1.29, 1.82) is 0 Å². The quantitative estimate of drug-likeness (QED) is 0.813. The van der Waals surface area contributed by atoms with E-state index in [0.29, 0.717) is 5.56 Å². The van der Waals surface area contributed by atoms with E-state index in [-0.39, 0.29) is 23.9 Å². The van der Waals surface area contributed by atoms with Crippen LogP contribution in [0.4, 0.5) is 10.1 Å². The zero-order chi connectivity index (χ0) is 19.2. The number of hydrogen-bond donors (Lipinski definition) is 1. The lowest BCUT2D eigenvalue weighted by molar-refractivity contribution is -0.117. The van der Waals surface area contributed by atoms with E-state index in [4.69, 9.17) is 4.74 Å². The predicted molar refractivity (Wildman–Crippen MR) is 106 cm³/mol. The molecule has 1 aliphatic rings. The van der Waals surface area contributed by atoms with Gasteiger partial charge in [-0.15, -0.1) is 0 Å². The Bertz CT molecular complexity index is 821. The van der Waals surface area contributed by atoms with E-state index in [1.165, 1.54) is 18.2 Å². The number of halogens is 1. The third-order valence-electron chi connectivity index (χ3n) is 4.61. The van der Waals surface area contributed by atoms with Gasteiger partial charge in [-0.1, -0.05) is 24.3 Å². The minimum atomic E-state index is -0.319. The van der Waals surface area contributed by atoms with Crippen LogP contribution in [0.5, 0.6) is 0 Å².